The third kappa shape index (κ3) is 5.85. The molecular formula is C7H17NO2S2. The molecule has 0 heterocycles. The Hall–Kier alpha value is 0.260. The summed E-state index contributed by atoms with van der Waals surface area (Å²) in [6.07, 6.45) is 2.63. The highest BCUT2D eigenvalue weighted by Gasteiger charge is 2.11. The van der Waals surface area contributed by atoms with E-state index in [4.69, 9.17) is 0 Å². The van der Waals surface area contributed by atoms with E-state index in [1.54, 1.807) is 11.8 Å². The Balaban J connectivity index is 3.89. The quantitative estimate of drug-likeness (QED) is 0.715. The first-order valence-corrected chi connectivity index (χ1v) is 7.05. The molecule has 0 spiro atoms. The van der Waals surface area contributed by atoms with Crippen molar-refractivity contribution in [2.24, 2.45) is 0 Å². The first kappa shape index (κ1) is 12.3. The molecule has 5 heteroatoms. The highest BCUT2D eigenvalue weighted by Crippen LogP contribution is 1.98. The van der Waals surface area contributed by atoms with Crippen LogP contribution in [0.2, 0.25) is 0 Å². The molecule has 12 heavy (non-hydrogen) atoms. The summed E-state index contributed by atoms with van der Waals surface area (Å²) in [5, 5.41) is 0. The fourth-order valence-electron chi connectivity index (χ4n) is 0.918. The lowest BCUT2D eigenvalue weighted by Gasteiger charge is -2.11. The van der Waals surface area contributed by atoms with Gasteiger partial charge in [-0.05, 0) is 19.6 Å². The number of hydrogen-bond acceptors (Lipinski definition) is 3. The number of rotatable bonds is 6. The minimum absolute atomic E-state index is 0.0385. The van der Waals surface area contributed by atoms with Gasteiger partial charge in [-0.1, -0.05) is 6.92 Å². The monoisotopic (exact) mass is 211 g/mol. The third-order valence-corrected chi connectivity index (χ3v) is 3.81. The number of sulfonamides is 1. The van der Waals surface area contributed by atoms with Crippen molar-refractivity contribution in [2.75, 3.05) is 17.8 Å². The van der Waals surface area contributed by atoms with Crippen LogP contribution in [0.1, 0.15) is 20.3 Å². The van der Waals surface area contributed by atoms with E-state index in [1.807, 2.05) is 20.1 Å². The Morgan fingerprint density at radius 2 is 2.08 bits per heavy atom. The van der Waals surface area contributed by atoms with Crippen molar-refractivity contribution in [2.45, 2.75) is 26.3 Å². The standard InChI is InChI=1S/C7H17NO2S2/c1-4-5-12(9,10)8-7(2)6-11-3/h7-8H,4-6H2,1-3H3. The second-order valence-electron chi connectivity index (χ2n) is 2.79. The zero-order valence-electron chi connectivity index (χ0n) is 7.83. The van der Waals surface area contributed by atoms with Crippen LogP contribution >= 0.6 is 11.8 Å². The molecule has 3 nitrogen and oxygen atoms in total. The topological polar surface area (TPSA) is 46.2 Å². The molecule has 74 valence electrons. The predicted molar refractivity (Wildman–Crippen MR) is 55.1 cm³/mol. The Morgan fingerprint density at radius 1 is 1.50 bits per heavy atom. The fourth-order valence-corrected chi connectivity index (χ4v) is 2.96. The van der Waals surface area contributed by atoms with Gasteiger partial charge in [-0.15, -0.1) is 0 Å². The normalized spacial score (nSPS) is 14.6. The van der Waals surface area contributed by atoms with E-state index in [1.165, 1.54) is 0 Å². The molecule has 0 aliphatic rings. The zero-order valence-corrected chi connectivity index (χ0v) is 9.46. The fraction of sp³-hybridized carbons (Fsp3) is 1.00. The van der Waals surface area contributed by atoms with Gasteiger partial charge in [0.05, 0.1) is 5.75 Å². The van der Waals surface area contributed by atoms with Crippen molar-refractivity contribution in [1.82, 2.24) is 4.72 Å². The summed E-state index contributed by atoms with van der Waals surface area (Å²) in [6.45, 7) is 3.74. The summed E-state index contributed by atoms with van der Waals surface area (Å²) >= 11 is 1.64. The molecule has 1 atom stereocenters. The Labute approximate surface area is 79.4 Å². The van der Waals surface area contributed by atoms with Crippen LogP contribution in [0.15, 0.2) is 0 Å². The van der Waals surface area contributed by atoms with Gasteiger partial charge in [0.2, 0.25) is 10.0 Å². The van der Waals surface area contributed by atoms with Gasteiger partial charge in [-0.25, -0.2) is 13.1 Å². The molecule has 0 aliphatic carbocycles. The largest absolute Gasteiger partial charge is 0.212 e. The van der Waals surface area contributed by atoms with Crippen LogP contribution in [0.25, 0.3) is 0 Å². The highest BCUT2D eigenvalue weighted by molar-refractivity contribution is 7.98. The molecule has 0 saturated heterocycles. The smallest absolute Gasteiger partial charge is 0.211 e. The van der Waals surface area contributed by atoms with Crippen LogP contribution in [0, 0.1) is 0 Å². The molecule has 0 aromatic rings. The van der Waals surface area contributed by atoms with Crippen molar-refractivity contribution < 1.29 is 8.42 Å². The van der Waals surface area contributed by atoms with Gasteiger partial charge in [-0.2, -0.15) is 11.8 Å². The van der Waals surface area contributed by atoms with Crippen molar-refractivity contribution in [3.8, 4) is 0 Å². The lowest BCUT2D eigenvalue weighted by Crippen LogP contribution is -2.35. The molecule has 1 N–H and O–H groups in total. The molecule has 1 unspecified atom stereocenters. The molecule has 0 fully saturated rings. The van der Waals surface area contributed by atoms with Crippen molar-refractivity contribution in [1.29, 1.82) is 0 Å². The maximum atomic E-state index is 11.2. The maximum absolute atomic E-state index is 11.2. The third-order valence-electron chi connectivity index (χ3n) is 1.27. The molecule has 0 aromatic carbocycles. The van der Waals surface area contributed by atoms with E-state index < -0.39 is 10.0 Å². The highest BCUT2D eigenvalue weighted by atomic mass is 32.2. The molecule has 0 radical (unpaired) electrons. The minimum Gasteiger partial charge on any atom is -0.212 e. The number of nitrogens with one attached hydrogen (secondary N) is 1. The van der Waals surface area contributed by atoms with Gasteiger partial charge in [0.1, 0.15) is 0 Å². The summed E-state index contributed by atoms with van der Waals surface area (Å²) in [6, 6.07) is 0.0385. The maximum Gasteiger partial charge on any atom is 0.211 e. The van der Waals surface area contributed by atoms with Crippen LogP contribution in [-0.4, -0.2) is 32.2 Å². The van der Waals surface area contributed by atoms with Gasteiger partial charge >= 0.3 is 0 Å². The summed E-state index contributed by atoms with van der Waals surface area (Å²) in [5.74, 6) is 1.05. The zero-order chi connectivity index (χ0) is 9.61. The summed E-state index contributed by atoms with van der Waals surface area (Å²) in [7, 11) is -3.02. The van der Waals surface area contributed by atoms with Crippen molar-refractivity contribution in [3.05, 3.63) is 0 Å². The first-order valence-electron chi connectivity index (χ1n) is 4.00. The molecule has 0 aromatic heterocycles. The van der Waals surface area contributed by atoms with Crippen LogP contribution in [0.3, 0.4) is 0 Å². The van der Waals surface area contributed by atoms with Gasteiger partial charge in [-0.3, -0.25) is 0 Å². The molecule has 0 rings (SSSR count). The minimum atomic E-state index is -3.02. The lowest BCUT2D eigenvalue weighted by atomic mass is 10.4. The van der Waals surface area contributed by atoms with E-state index in [9.17, 15) is 8.42 Å². The average Bonchev–Trinajstić information content (AvgIpc) is 1.85. The van der Waals surface area contributed by atoms with Crippen LogP contribution in [0.5, 0.6) is 0 Å². The molecule has 0 saturated carbocycles. The summed E-state index contributed by atoms with van der Waals surface area (Å²) < 4.78 is 25.0. The van der Waals surface area contributed by atoms with Gasteiger partial charge in [0.15, 0.2) is 0 Å². The van der Waals surface area contributed by atoms with Crippen LogP contribution in [-0.2, 0) is 10.0 Å². The van der Waals surface area contributed by atoms with Gasteiger partial charge in [0, 0.05) is 11.8 Å². The SMILES string of the molecule is CCCS(=O)(=O)NC(C)CSC. The molecule has 0 aliphatic heterocycles. The molecule has 0 bridgehead atoms. The number of thioether (sulfide) groups is 1. The molecule has 0 amide bonds. The Morgan fingerprint density at radius 3 is 2.50 bits per heavy atom. The van der Waals surface area contributed by atoms with E-state index >= 15 is 0 Å². The Bertz CT molecular complexity index is 201. The van der Waals surface area contributed by atoms with E-state index in [-0.39, 0.29) is 11.8 Å². The second-order valence-corrected chi connectivity index (χ2v) is 5.58. The molecular weight excluding hydrogens is 194 g/mol. The van der Waals surface area contributed by atoms with Gasteiger partial charge < -0.3 is 0 Å². The Kier molecular flexibility index (Phi) is 5.96. The van der Waals surface area contributed by atoms with Crippen LogP contribution < -0.4 is 4.72 Å². The summed E-state index contributed by atoms with van der Waals surface area (Å²) in [4.78, 5) is 0. The van der Waals surface area contributed by atoms with Crippen molar-refractivity contribution in [3.63, 3.8) is 0 Å². The predicted octanol–water partition coefficient (Wildman–Crippen LogP) is 1.07. The van der Waals surface area contributed by atoms with E-state index in [0.717, 1.165) is 5.75 Å². The van der Waals surface area contributed by atoms with E-state index in [2.05, 4.69) is 4.72 Å². The first-order chi connectivity index (χ1) is 5.52. The van der Waals surface area contributed by atoms with E-state index in [0.29, 0.717) is 6.42 Å². The summed E-state index contributed by atoms with van der Waals surface area (Å²) in [5.41, 5.74) is 0. The van der Waals surface area contributed by atoms with Crippen molar-refractivity contribution >= 4 is 21.8 Å². The average molecular weight is 211 g/mol. The number of hydrogen-bond donors (Lipinski definition) is 1. The lowest BCUT2D eigenvalue weighted by molar-refractivity contribution is 0.570. The van der Waals surface area contributed by atoms with Gasteiger partial charge in [0.25, 0.3) is 0 Å². The second kappa shape index (κ2) is 5.83. The van der Waals surface area contributed by atoms with Crippen LogP contribution in [0.4, 0.5) is 0 Å².